The number of carbonyl (C=O) groups is 2. The quantitative estimate of drug-likeness (QED) is 0.909. The number of aromatic nitrogens is 1. The third kappa shape index (κ3) is 2.93. The van der Waals surface area contributed by atoms with Gasteiger partial charge in [0.1, 0.15) is 11.4 Å². The van der Waals surface area contributed by atoms with Crippen molar-refractivity contribution in [1.29, 1.82) is 0 Å². The Kier molecular flexibility index (Phi) is 3.94. The highest BCUT2D eigenvalue weighted by Gasteiger charge is 2.19. The zero-order valence-electron chi connectivity index (χ0n) is 11.0. The molecule has 0 atom stereocenters. The number of nitrogens with one attached hydrogen (secondary N) is 1. The largest absolute Gasteiger partial charge is 0.478 e. The van der Waals surface area contributed by atoms with Crippen LogP contribution in [0.1, 0.15) is 30.5 Å². The van der Waals surface area contributed by atoms with E-state index in [2.05, 4.69) is 10.3 Å². The van der Waals surface area contributed by atoms with Gasteiger partial charge in [-0.05, 0) is 35.9 Å². The van der Waals surface area contributed by atoms with E-state index in [0.717, 1.165) is 17.9 Å². The second-order valence-corrected chi connectivity index (χ2v) is 6.76. The number of anilines is 1. The molecule has 2 aromatic rings. The van der Waals surface area contributed by atoms with E-state index in [9.17, 15) is 9.59 Å². The minimum absolute atomic E-state index is 0.0114. The number of carboxylic acids is 1. The van der Waals surface area contributed by atoms with E-state index in [1.807, 2.05) is 17.8 Å². The van der Waals surface area contributed by atoms with Crippen LogP contribution >= 0.6 is 23.1 Å². The molecule has 2 aromatic heterocycles. The molecule has 0 unspecified atom stereocenters. The Morgan fingerprint density at radius 3 is 3.00 bits per heavy atom. The molecule has 0 spiro atoms. The molecule has 0 bridgehead atoms. The lowest BCUT2D eigenvalue weighted by atomic mass is 10.2. The average molecular weight is 320 g/mol. The van der Waals surface area contributed by atoms with Gasteiger partial charge in [0.25, 0.3) is 5.91 Å². The lowest BCUT2D eigenvalue weighted by Crippen LogP contribution is -2.14. The molecule has 1 amide bonds. The van der Waals surface area contributed by atoms with Crippen molar-refractivity contribution in [3.63, 3.8) is 0 Å². The van der Waals surface area contributed by atoms with E-state index in [0.29, 0.717) is 4.88 Å². The van der Waals surface area contributed by atoms with Crippen LogP contribution in [0.25, 0.3) is 0 Å². The summed E-state index contributed by atoms with van der Waals surface area (Å²) in [6.07, 6.45) is 2.44. The fourth-order valence-corrected chi connectivity index (χ4v) is 4.37. The number of nitrogens with zero attached hydrogens (tertiary/aromatic N) is 1. The SMILES string of the molecule is O=C(Nc1ncccc1C(=O)O)c1cc2c(s1)CCSC2. The molecule has 0 saturated heterocycles. The number of fused-ring (bicyclic) bond motifs is 1. The van der Waals surface area contributed by atoms with Crippen molar-refractivity contribution in [2.24, 2.45) is 0 Å². The summed E-state index contributed by atoms with van der Waals surface area (Å²) in [6.45, 7) is 0. The third-order valence-electron chi connectivity index (χ3n) is 3.12. The van der Waals surface area contributed by atoms with Gasteiger partial charge in [-0.3, -0.25) is 4.79 Å². The number of aromatic carboxylic acids is 1. The molecular weight excluding hydrogens is 308 g/mol. The van der Waals surface area contributed by atoms with Crippen LogP contribution in [-0.4, -0.2) is 27.7 Å². The van der Waals surface area contributed by atoms with Crippen LogP contribution in [0.4, 0.5) is 5.82 Å². The van der Waals surface area contributed by atoms with Crippen LogP contribution < -0.4 is 5.32 Å². The fraction of sp³-hybridized carbons (Fsp3) is 0.214. The maximum absolute atomic E-state index is 12.3. The summed E-state index contributed by atoms with van der Waals surface area (Å²) in [6, 6.07) is 4.84. The van der Waals surface area contributed by atoms with Crippen molar-refractivity contribution < 1.29 is 14.7 Å². The topological polar surface area (TPSA) is 79.3 Å². The van der Waals surface area contributed by atoms with Gasteiger partial charge in [0.05, 0.1) is 4.88 Å². The van der Waals surface area contributed by atoms with Gasteiger partial charge in [0.15, 0.2) is 0 Å². The van der Waals surface area contributed by atoms with Crippen molar-refractivity contribution in [3.05, 3.63) is 45.3 Å². The number of aryl methyl sites for hydroxylation is 1. The first-order chi connectivity index (χ1) is 10.1. The molecule has 1 aliphatic heterocycles. The van der Waals surface area contributed by atoms with E-state index >= 15 is 0 Å². The molecule has 0 saturated carbocycles. The Morgan fingerprint density at radius 2 is 2.24 bits per heavy atom. The van der Waals surface area contributed by atoms with Gasteiger partial charge in [0.2, 0.25) is 0 Å². The highest BCUT2D eigenvalue weighted by molar-refractivity contribution is 7.98. The van der Waals surface area contributed by atoms with Crippen molar-refractivity contribution in [3.8, 4) is 0 Å². The first kappa shape index (κ1) is 14.1. The highest BCUT2D eigenvalue weighted by Crippen LogP contribution is 2.32. The number of pyridine rings is 1. The third-order valence-corrected chi connectivity index (χ3v) is 5.37. The van der Waals surface area contributed by atoms with Gasteiger partial charge in [-0.25, -0.2) is 9.78 Å². The van der Waals surface area contributed by atoms with Gasteiger partial charge >= 0.3 is 5.97 Å². The number of carboxylic acid groups (broad SMARTS) is 1. The maximum Gasteiger partial charge on any atom is 0.339 e. The normalized spacial score (nSPS) is 13.5. The number of thioether (sulfide) groups is 1. The van der Waals surface area contributed by atoms with Crippen LogP contribution in [0.5, 0.6) is 0 Å². The van der Waals surface area contributed by atoms with E-state index in [4.69, 9.17) is 5.11 Å². The molecule has 108 valence electrons. The predicted octanol–water partition coefficient (Wildman–Crippen LogP) is 2.88. The summed E-state index contributed by atoms with van der Waals surface area (Å²) >= 11 is 3.33. The van der Waals surface area contributed by atoms with Crippen LogP contribution in [0.3, 0.4) is 0 Å². The Balaban J connectivity index is 1.83. The molecule has 3 rings (SSSR count). The molecule has 2 N–H and O–H groups in total. The number of hydrogen-bond donors (Lipinski definition) is 2. The van der Waals surface area contributed by atoms with Crippen molar-refractivity contribution in [2.45, 2.75) is 12.2 Å². The lowest BCUT2D eigenvalue weighted by Gasteiger charge is -2.08. The van der Waals surface area contributed by atoms with Crippen LogP contribution in [0, 0.1) is 0 Å². The minimum Gasteiger partial charge on any atom is -0.478 e. The molecule has 7 heteroatoms. The Labute approximate surface area is 129 Å². The summed E-state index contributed by atoms with van der Waals surface area (Å²) in [5.41, 5.74) is 1.20. The summed E-state index contributed by atoms with van der Waals surface area (Å²) in [5.74, 6) is 0.678. The van der Waals surface area contributed by atoms with E-state index < -0.39 is 5.97 Å². The molecule has 0 fully saturated rings. The Bertz CT molecular complexity index is 688. The number of amides is 1. The van der Waals surface area contributed by atoms with Crippen molar-refractivity contribution in [2.75, 3.05) is 11.1 Å². The number of hydrogen-bond acceptors (Lipinski definition) is 5. The smallest absolute Gasteiger partial charge is 0.339 e. The van der Waals surface area contributed by atoms with Crippen LogP contribution in [0.15, 0.2) is 24.4 Å². The van der Waals surface area contributed by atoms with Gasteiger partial charge < -0.3 is 10.4 Å². The standard InChI is InChI=1S/C14H12N2O3S2/c17-13(11-6-8-7-20-5-3-10(8)21-11)16-12-9(14(18)19)2-1-4-15-12/h1-2,4,6H,3,5,7H2,(H,18,19)(H,15,16,17). The molecule has 0 aliphatic carbocycles. The molecule has 21 heavy (non-hydrogen) atoms. The molecule has 0 aromatic carbocycles. The summed E-state index contributed by atoms with van der Waals surface area (Å²) in [5, 5.41) is 11.7. The van der Waals surface area contributed by atoms with Crippen molar-refractivity contribution >= 4 is 40.8 Å². The zero-order chi connectivity index (χ0) is 14.8. The second-order valence-electron chi connectivity index (χ2n) is 4.52. The van der Waals surface area contributed by atoms with E-state index in [1.165, 1.54) is 40.1 Å². The Morgan fingerprint density at radius 1 is 1.38 bits per heavy atom. The van der Waals surface area contributed by atoms with Crippen molar-refractivity contribution in [1.82, 2.24) is 4.98 Å². The first-order valence-corrected chi connectivity index (χ1v) is 8.31. The Hall–Kier alpha value is -1.86. The first-order valence-electron chi connectivity index (χ1n) is 6.34. The molecule has 5 nitrogen and oxygen atoms in total. The van der Waals surface area contributed by atoms with Gasteiger partial charge in [0, 0.05) is 16.8 Å². The number of thiophene rings is 1. The fourth-order valence-electron chi connectivity index (χ4n) is 2.11. The van der Waals surface area contributed by atoms with E-state index in [1.54, 1.807) is 0 Å². The average Bonchev–Trinajstić information content (AvgIpc) is 2.91. The zero-order valence-corrected chi connectivity index (χ0v) is 12.6. The minimum atomic E-state index is -1.11. The van der Waals surface area contributed by atoms with Gasteiger partial charge in [-0.15, -0.1) is 11.3 Å². The second kappa shape index (κ2) is 5.87. The monoisotopic (exact) mass is 320 g/mol. The van der Waals surface area contributed by atoms with Gasteiger partial charge in [-0.1, -0.05) is 0 Å². The molecule has 0 radical (unpaired) electrons. The van der Waals surface area contributed by atoms with E-state index in [-0.39, 0.29) is 17.3 Å². The maximum atomic E-state index is 12.3. The summed E-state index contributed by atoms with van der Waals surface area (Å²) in [7, 11) is 0. The van der Waals surface area contributed by atoms with Gasteiger partial charge in [-0.2, -0.15) is 11.8 Å². The number of carbonyl (C=O) groups excluding carboxylic acids is 1. The highest BCUT2D eigenvalue weighted by atomic mass is 32.2. The predicted molar refractivity (Wildman–Crippen MR) is 83.3 cm³/mol. The lowest BCUT2D eigenvalue weighted by molar-refractivity contribution is 0.0697. The summed E-state index contributed by atoms with van der Waals surface area (Å²) < 4.78 is 0. The van der Waals surface area contributed by atoms with Crippen LogP contribution in [0.2, 0.25) is 0 Å². The number of rotatable bonds is 3. The van der Waals surface area contributed by atoms with Crippen LogP contribution in [-0.2, 0) is 12.2 Å². The molecular formula is C14H12N2O3S2. The summed E-state index contributed by atoms with van der Waals surface area (Å²) in [4.78, 5) is 29.2. The molecule has 1 aliphatic rings. The molecule has 3 heterocycles.